The van der Waals surface area contributed by atoms with Gasteiger partial charge in [-0.1, -0.05) is 30.3 Å². The van der Waals surface area contributed by atoms with Gasteiger partial charge in [-0.3, -0.25) is 9.59 Å². The van der Waals surface area contributed by atoms with Gasteiger partial charge >= 0.3 is 6.18 Å². The zero-order valence-electron chi connectivity index (χ0n) is 15.7. The van der Waals surface area contributed by atoms with Crippen molar-refractivity contribution in [1.29, 1.82) is 0 Å². The van der Waals surface area contributed by atoms with E-state index in [-0.39, 0.29) is 24.6 Å². The first-order valence-corrected chi connectivity index (χ1v) is 9.00. The number of alkyl halides is 3. The molecule has 2 N–H and O–H groups in total. The molecule has 1 aromatic heterocycles. The number of aromatic amines is 1. The van der Waals surface area contributed by atoms with Crippen molar-refractivity contribution < 1.29 is 22.8 Å². The van der Waals surface area contributed by atoms with Crippen LogP contribution < -0.4 is 5.32 Å². The van der Waals surface area contributed by atoms with Gasteiger partial charge < -0.3 is 15.2 Å². The Morgan fingerprint density at radius 2 is 1.76 bits per heavy atom. The summed E-state index contributed by atoms with van der Waals surface area (Å²) in [6, 6.07) is 12.5. The van der Waals surface area contributed by atoms with Crippen molar-refractivity contribution in [3.63, 3.8) is 0 Å². The number of hydrogen-bond acceptors (Lipinski definition) is 2. The molecule has 2 amide bonds. The first-order valence-electron chi connectivity index (χ1n) is 9.00. The summed E-state index contributed by atoms with van der Waals surface area (Å²) in [5, 5.41) is 3.27. The number of likely N-dealkylation sites (N-methyl/N-ethyl adjacent to an activating group) is 1. The summed E-state index contributed by atoms with van der Waals surface area (Å²) in [4.78, 5) is 28.8. The lowest BCUT2D eigenvalue weighted by Crippen LogP contribution is -2.35. The molecule has 0 aliphatic heterocycles. The number of para-hydroxylation sites is 2. The zero-order chi connectivity index (χ0) is 21.0. The smallest absolute Gasteiger partial charge is 0.361 e. The Labute approximate surface area is 165 Å². The topological polar surface area (TPSA) is 65.2 Å². The van der Waals surface area contributed by atoms with Crippen LogP contribution in [0.2, 0.25) is 0 Å². The van der Waals surface area contributed by atoms with E-state index in [9.17, 15) is 22.8 Å². The Balaban J connectivity index is 1.56. The van der Waals surface area contributed by atoms with Crippen molar-refractivity contribution in [2.24, 2.45) is 0 Å². The van der Waals surface area contributed by atoms with Gasteiger partial charge in [-0.05, 0) is 30.2 Å². The van der Waals surface area contributed by atoms with E-state index >= 15 is 0 Å². The van der Waals surface area contributed by atoms with Crippen LogP contribution in [0.15, 0.2) is 54.7 Å². The number of nitrogens with zero attached hydrogens (tertiary/aromatic N) is 1. The monoisotopic (exact) mass is 403 g/mol. The van der Waals surface area contributed by atoms with Crippen LogP contribution in [0.25, 0.3) is 10.9 Å². The van der Waals surface area contributed by atoms with Crippen LogP contribution in [0.5, 0.6) is 0 Å². The van der Waals surface area contributed by atoms with Crippen LogP contribution in [0.1, 0.15) is 17.5 Å². The van der Waals surface area contributed by atoms with E-state index < -0.39 is 17.6 Å². The van der Waals surface area contributed by atoms with Gasteiger partial charge in [-0.25, -0.2) is 0 Å². The molecular weight excluding hydrogens is 383 g/mol. The number of halogens is 3. The first-order chi connectivity index (χ1) is 13.8. The fraction of sp³-hybridized carbons (Fsp3) is 0.238. The molecule has 0 aliphatic rings. The number of aromatic nitrogens is 1. The molecule has 152 valence electrons. The number of nitrogens with one attached hydrogen (secondary N) is 2. The van der Waals surface area contributed by atoms with Crippen LogP contribution in [0, 0.1) is 0 Å². The molecule has 0 aliphatic carbocycles. The van der Waals surface area contributed by atoms with Gasteiger partial charge in [0.25, 0.3) is 0 Å². The fourth-order valence-electron chi connectivity index (χ4n) is 3.10. The predicted octanol–water partition coefficient (Wildman–Crippen LogP) is 4.22. The van der Waals surface area contributed by atoms with Crippen molar-refractivity contribution in [3.05, 3.63) is 65.9 Å². The summed E-state index contributed by atoms with van der Waals surface area (Å²) in [6.45, 7) is -0.334. The maximum absolute atomic E-state index is 13.0. The number of hydrogen-bond donors (Lipinski definition) is 2. The Kier molecular flexibility index (Phi) is 5.91. The quantitative estimate of drug-likeness (QED) is 0.647. The molecule has 0 saturated heterocycles. The highest BCUT2D eigenvalue weighted by Crippen LogP contribution is 2.34. The Morgan fingerprint density at radius 1 is 1.07 bits per heavy atom. The van der Waals surface area contributed by atoms with Crippen molar-refractivity contribution in [1.82, 2.24) is 9.88 Å². The first kappa shape index (κ1) is 20.4. The van der Waals surface area contributed by atoms with E-state index in [4.69, 9.17) is 0 Å². The second kappa shape index (κ2) is 8.38. The Morgan fingerprint density at radius 3 is 2.52 bits per heavy atom. The highest BCUT2D eigenvalue weighted by Gasteiger charge is 2.33. The number of carbonyl (C=O) groups excluding carboxylic acids is 2. The maximum atomic E-state index is 13.0. The van der Waals surface area contributed by atoms with Crippen LogP contribution in [0.3, 0.4) is 0 Å². The lowest BCUT2D eigenvalue weighted by atomic mass is 10.1. The molecule has 0 spiro atoms. The normalized spacial score (nSPS) is 11.4. The second-order valence-electron chi connectivity index (χ2n) is 6.70. The predicted molar refractivity (Wildman–Crippen MR) is 104 cm³/mol. The molecule has 0 unspecified atom stereocenters. The van der Waals surface area contributed by atoms with Crippen LogP contribution in [-0.2, 0) is 22.2 Å². The Hall–Kier alpha value is -3.29. The minimum atomic E-state index is -4.58. The molecule has 0 saturated carbocycles. The SMILES string of the molecule is CN(CC(=O)Nc1ccccc1C(F)(F)F)C(=O)CCc1c[nH]c2ccccc12. The summed E-state index contributed by atoms with van der Waals surface area (Å²) in [5.41, 5.74) is 0.711. The average molecular weight is 403 g/mol. The zero-order valence-corrected chi connectivity index (χ0v) is 15.7. The van der Waals surface area contributed by atoms with Crippen LogP contribution in [-0.4, -0.2) is 35.3 Å². The largest absolute Gasteiger partial charge is 0.418 e. The third kappa shape index (κ3) is 4.96. The molecular formula is C21H20F3N3O2. The fourth-order valence-corrected chi connectivity index (χ4v) is 3.10. The molecule has 0 fully saturated rings. The van der Waals surface area contributed by atoms with Crippen molar-refractivity contribution in [3.8, 4) is 0 Å². The van der Waals surface area contributed by atoms with Gasteiger partial charge in [-0.15, -0.1) is 0 Å². The summed E-state index contributed by atoms with van der Waals surface area (Å²) in [7, 11) is 1.45. The van der Waals surface area contributed by atoms with Gasteiger partial charge in [0.05, 0.1) is 17.8 Å². The third-order valence-electron chi connectivity index (χ3n) is 4.60. The second-order valence-corrected chi connectivity index (χ2v) is 6.70. The molecule has 8 heteroatoms. The number of fused-ring (bicyclic) bond motifs is 1. The molecule has 2 aromatic carbocycles. The molecule has 0 atom stereocenters. The highest BCUT2D eigenvalue weighted by atomic mass is 19.4. The molecule has 0 radical (unpaired) electrons. The number of benzene rings is 2. The van der Waals surface area contributed by atoms with E-state index in [1.165, 1.54) is 30.1 Å². The van der Waals surface area contributed by atoms with Crippen molar-refractivity contribution in [2.45, 2.75) is 19.0 Å². The number of rotatable bonds is 6. The molecule has 1 heterocycles. The molecule has 0 bridgehead atoms. The molecule has 5 nitrogen and oxygen atoms in total. The number of amides is 2. The van der Waals surface area contributed by atoms with Gasteiger partial charge in [0, 0.05) is 30.6 Å². The summed E-state index contributed by atoms with van der Waals surface area (Å²) in [5.74, 6) is -0.959. The summed E-state index contributed by atoms with van der Waals surface area (Å²) >= 11 is 0. The molecule has 29 heavy (non-hydrogen) atoms. The average Bonchev–Trinajstić information content (AvgIpc) is 3.08. The lowest BCUT2D eigenvalue weighted by Gasteiger charge is -2.18. The number of carbonyl (C=O) groups is 2. The number of aryl methyl sites for hydroxylation is 1. The van der Waals surface area contributed by atoms with Crippen LogP contribution >= 0.6 is 0 Å². The third-order valence-corrected chi connectivity index (χ3v) is 4.60. The van der Waals surface area contributed by atoms with Gasteiger partial charge in [0.15, 0.2) is 0 Å². The maximum Gasteiger partial charge on any atom is 0.418 e. The van der Waals surface area contributed by atoms with Crippen LogP contribution in [0.4, 0.5) is 18.9 Å². The minimum Gasteiger partial charge on any atom is -0.361 e. The van der Waals surface area contributed by atoms with Crippen molar-refractivity contribution >= 4 is 28.4 Å². The number of H-pyrrole nitrogens is 1. The summed E-state index contributed by atoms with van der Waals surface area (Å²) in [6.07, 6.45) is -2.06. The van der Waals surface area contributed by atoms with E-state index in [2.05, 4.69) is 10.3 Å². The van der Waals surface area contributed by atoms with Gasteiger partial charge in [-0.2, -0.15) is 13.2 Å². The van der Waals surface area contributed by atoms with E-state index in [0.29, 0.717) is 6.42 Å². The van der Waals surface area contributed by atoms with Crippen molar-refractivity contribution in [2.75, 3.05) is 18.9 Å². The minimum absolute atomic E-state index is 0.185. The Bertz CT molecular complexity index is 1030. The molecule has 3 aromatic rings. The lowest BCUT2D eigenvalue weighted by molar-refractivity contribution is -0.137. The van der Waals surface area contributed by atoms with Gasteiger partial charge in [0.2, 0.25) is 11.8 Å². The number of anilines is 1. The summed E-state index contributed by atoms with van der Waals surface area (Å²) < 4.78 is 39.1. The van der Waals surface area contributed by atoms with Gasteiger partial charge in [0.1, 0.15) is 0 Å². The highest BCUT2D eigenvalue weighted by molar-refractivity contribution is 5.95. The van der Waals surface area contributed by atoms with E-state index in [1.54, 1.807) is 0 Å². The standard InChI is InChI=1S/C21H20F3N3O2/c1-27(13-19(28)26-18-9-5-3-7-16(18)21(22,23)24)20(29)11-10-14-12-25-17-8-4-2-6-15(14)17/h2-9,12,25H,10-11,13H2,1H3,(H,26,28). The molecule has 3 rings (SSSR count). The van der Waals surface area contributed by atoms with E-state index in [1.807, 2.05) is 30.5 Å². The van der Waals surface area contributed by atoms with E-state index in [0.717, 1.165) is 22.5 Å².